The van der Waals surface area contributed by atoms with E-state index in [9.17, 15) is 24.0 Å². The number of hydrogen-bond donors (Lipinski definition) is 0. The highest BCUT2D eigenvalue weighted by Crippen LogP contribution is 2.40. The fraction of sp³-hybridized carbons (Fsp3) is 0.667. The first-order chi connectivity index (χ1) is 9.00. The lowest BCUT2D eigenvalue weighted by atomic mass is 9.57. The van der Waals surface area contributed by atoms with Gasteiger partial charge in [-0.2, -0.15) is 0 Å². The minimum atomic E-state index is -1.91. The Morgan fingerprint density at radius 2 is 1.65 bits per heavy atom. The van der Waals surface area contributed by atoms with Gasteiger partial charge in [0.2, 0.25) is 0 Å². The van der Waals surface area contributed by atoms with Gasteiger partial charge >= 0.3 is 0 Å². The molecule has 0 aromatic heterocycles. The van der Waals surface area contributed by atoms with Crippen LogP contribution in [0.5, 0.6) is 0 Å². The summed E-state index contributed by atoms with van der Waals surface area (Å²) in [5, 5.41) is 0. The van der Waals surface area contributed by atoms with Gasteiger partial charge in [-0.05, 0) is 26.7 Å². The highest BCUT2D eigenvalue weighted by Gasteiger charge is 2.61. The molecule has 0 amide bonds. The lowest BCUT2D eigenvalue weighted by Gasteiger charge is -2.39. The lowest BCUT2D eigenvalue weighted by molar-refractivity contribution is -0.162. The Morgan fingerprint density at radius 1 is 1.15 bits per heavy atom. The first-order valence-electron chi connectivity index (χ1n) is 6.62. The third-order valence-electron chi connectivity index (χ3n) is 3.86. The smallest absolute Gasteiger partial charge is 0.171 e. The molecular weight excluding hydrogens is 260 g/mol. The van der Waals surface area contributed by atoms with Gasteiger partial charge in [0.1, 0.15) is 17.6 Å². The monoisotopic (exact) mass is 280 g/mol. The number of hydrogen-bond acceptors (Lipinski definition) is 5. The predicted molar refractivity (Wildman–Crippen MR) is 70.9 cm³/mol. The Hall–Kier alpha value is -1.65. The Labute approximate surface area is 118 Å². The maximum atomic E-state index is 12.3. The van der Waals surface area contributed by atoms with Crippen LogP contribution in [0.2, 0.25) is 0 Å². The summed E-state index contributed by atoms with van der Waals surface area (Å²) in [4.78, 5) is 60.2. The second-order valence-electron chi connectivity index (χ2n) is 6.50. The molecule has 0 aliphatic heterocycles. The lowest BCUT2D eigenvalue weighted by Crippen LogP contribution is -2.61. The minimum absolute atomic E-state index is 0.00803. The molecule has 0 radical (unpaired) electrons. The van der Waals surface area contributed by atoms with Gasteiger partial charge in [-0.3, -0.25) is 19.2 Å². The molecule has 110 valence electrons. The molecule has 20 heavy (non-hydrogen) atoms. The molecule has 5 heteroatoms. The van der Waals surface area contributed by atoms with Crippen LogP contribution in [0.4, 0.5) is 0 Å². The van der Waals surface area contributed by atoms with E-state index >= 15 is 0 Å². The van der Waals surface area contributed by atoms with E-state index in [1.54, 1.807) is 13.8 Å². The summed E-state index contributed by atoms with van der Waals surface area (Å²) < 4.78 is 0. The summed E-state index contributed by atoms with van der Waals surface area (Å²) in [6, 6.07) is 0. The zero-order valence-corrected chi connectivity index (χ0v) is 12.5. The normalized spacial score (nSPS) is 29.7. The molecule has 5 nitrogen and oxygen atoms in total. The molecule has 0 heterocycles. The van der Waals surface area contributed by atoms with Gasteiger partial charge in [0.25, 0.3) is 0 Å². The summed E-state index contributed by atoms with van der Waals surface area (Å²) in [6.07, 6.45) is 0.322. The molecule has 2 atom stereocenters. The van der Waals surface area contributed by atoms with Crippen molar-refractivity contribution in [1.29, 1.82) is 0 Å². The van der Waals surface area contributed by atoms with Crippen LogP contribution < -0.4 is 0 Å². The Balaban J connectivity index is 3.35. The number of Topliss-reactive ketones (excluding diaryl/α,β-unsaturated/α-hetero) is 4. The Bertz CT molecular complexity index is 500. The average Bonchev–Trinajstić information content (AvgIpc) is 2.34. The summed E-state index contributed by atoms with van der Waals surface area (Å²) in [5.41, 5.74) is -3.41. The SMILES string of the molecule is CC(C)CC(=O)C1C(=O)C(C)(C)C(=O)C(C)(C=O)C1=O. The van der Waals surface area contributed by atoms with Gasteiger partial charge in [0, 0.05) is 6.42 Å². The Morgan fingerprint density at radius 3 is 2.05 bits per heavy atom. The van der Waals surface area contributed by atoms with Gasteiger partial charge in [0.05, 0.1) is 5.41 Å². The van der Waals surface area contributed by atoms with Gasteiger partial charge in [0.15, 0.2) is 23.1 Å². The van der Waals surface area contributed by atoms with E-state index in [1.165, 1.54) is 20.8 Å². The largest absolute Gasteiger partial charge is 0.302 e. The molecule has 0 bridgehead atoms. The predicted octanol–water partition coefficient (Wildman–Crippen LogP) is 1.17. The van der Waals surface area contributed by atoms with Crippen molar-refractivity contribution in [1.82, 2.24) is 0 Å². The van der Waals surface area contributed by atoms with Gasteiger partial charge in [-0.25, -0.2) is 0 Å². The van der Waals surface area contributed by atoms with Crippen LogP contribution in [0.15, 0.2) is 0 Å². The highest BCUT2D eigenvalue weighted by molar-refractivity contribution is 6.39. The molecular formula is C15H20O5. The number of ketones is 4. The third-order valence-corrected chi connectivity index (χ3v) is 3.86. The van der Waals surface area contributed by atoms with Crippen LogP contribution in [0.25, 0.3) is 0 Å². The second-order valence-corrected chi connectivity index (χ2v) is 6.50. The molecule has 2 unspecified atom stereocenters. The van der Waals surface area contributed by atoms with E-state index in [-0.39, 0.29) is 18.6 Å². The zero-order chi connectivity index (χ0) is 15.9. The van der Waals surface area contributed by atoms with Gasteiger partial charge in [-0.1, -0.05) is 13.8 Å². The maximum Gasteiger partial charge on any atom is 0.171 e. The summed E-state index contributed by atoms with van der Waals surface area (Å²) >= 11 is 0. The number of carbonyl (C=O) groups is 5. The quantitative estimate of drug-likeness (QED) is 0.570. The van der Waals surface area contributed by atoms with E-state index in [1.807, 2.05) is 0 Å². The first-order valence-corrected chi connectivity index (χ1v) is 6.62. The van der Waals surface area contributed by atoms with Crippen LogP contribution in [-0.4, -0.2) is 29.4 Å². The molecule has 0 aromatic carbocycles. The van der Waals surface area contributed by atoms with Crippen molar-refractivity contribution in [2.45, 2.75) is 41.0 Å². The fourth-order valence-corrected chi connectivity index (χ4v) is 2.58. The molecule has 1 rings (SSSR count). The number of aldehydes is 1. The maximum absolute atomic E-state index is 12.3. The van der Waals surface area contributed by atoms with Crippen molar-refractivity contribution < 1.29 is 24.0 Å². The van der Waals surface area contributed by atoms with Crippen molar-refractivity contribution >= 4 is 29.4 Å². The van der Waals surface area contributed by atoms with Gasteiger partial charge in [-0.15, -0.1) is 0 Å². The number of carbonyl (C=O) groups excluding carboxylic acids is 5. The Kier molecular flexibility index (Phi) is 4.13. The summed E-state index contributed by atoms with van der Waals surface area (Å²) in [6.45, 7) is 7.51. The standard InChI is InChI=1S/C15H20O5/c1-8(2)6-9(17)10-11(18)14(3,4)13(20)15(5,7-16)12(10)19/h7-8,10H,6H2,1-5H3. The average molecular weight is 280 g/mol. The molecule has 1 aliphatic rings. The molecule has 0 aromatic rings. The minimum Gasteiger partial charge on any atom is -0.302 e. The second kappa shape index (κ2) is 5.04. The van der Waals surface area contributed by atoms with E-state index in [2.05, 4.69) is 0 Å². The van der Waals surface area contributed by atoms with Crippen molar-refractivity contribution in [2.75, 3.05) is 0 Å². The van der Waals surface area contributed by atoms with Crippen LogP contribution in [0.3, 0.4) is 0 Å². The molecule has 0 N–H and O–H groups in total. The van der Waals surface area contributed by atoms with Crippen LogP contribution in [-0.2, 0) is 24.0 Å². The molecule has 1 fully saturated rings. The van der Waals surface area contributed by atoms with Crippen molar-refractivity contribution in [3.8, 4) is 0 Å². The van der Waals surface area contributed by atoms with E-state index in [0.717, 1.165) is 0 Å². The molecule has 0 saturated heterocycles. The molecule has 1 saturated carbocycles. The summed E-state index contributed by atoms with van der Waals surface area (Å²) in [5.74, 6) is -4.33. The van der Waals surface area contributed by atoms with Crippen LogP contribution in [0, 0.1) is 22.7 Å². The van der Waals surface area contributed by atoms with Gasteiger partial charge < -0.3 is 4.79 Å². The summed E-state index contributed by atoms with van der Waals surface area (Å²) in [7, 11) is 0. The van der Waals surface area contributed by atoms with Crippen LogP contribution >= 0.6 is 0 Å². The first kappa shape index (κ1) is 16.4. The van der Waals surface area contributed by atoms with Crippen molar-refractivity contribution in [3.63, 3.8) is 0 Å². The zero-order valence-electron chi connectivity index (χ0n) is 12.5. The molecule has 0 spiro atoms. The highest BCUT2D eigenvalue weighted by atomic mass is 16.2. The third kappa shape index (κ3) is 2.25. The fourth-order valence-electron chi connectivity index (χ4n) is 2.58. The molecule has 1 aliphatic carbocycles. The number of rotatable bonds is 4. The van der Waals surface area contributed by atoms with Crippen molar-refractivity contribution in [2.24, 2.45) is 22.7 Å². The van der Waals surface area contributed by atoms with Crippen LogP contribution in [0.1, 0.15) is 41.0 Å². The van der Waals surface area contributed by atoms with E-state index in [4.69, 9.17) is 0 Å². The van der Waals surface area contributed by atoms with E-state index < -0.39 is 39.9 Å². The van der Waals surface area contributed by atoms with Crippen molar-refractivity contribution in [3.05, 3.63) is 0 Å². The van der Waals surface area contributed by atoms with E-state index in [0.29, 0.717) is 0 Å². The topological polar surface area (TPSA) is 85.3 Å².